The van der Waals surface area contributed by atoms with Gasteiger partial charge in [-0.1, -0.05) is 12.1 Å². The maximum absolute atomic E-state index is 13.9. The van der Waals surface area contributed by atoms with Crippen LogP contribution in [0.4, 0.5) is 10.1 Å². The molecule has 6 nitrogen and oxygen atoms in total. The molecular formula is C26H30FN3O3. The molecule has 0 spiro atoms. The molecule has 3 aromatic rings. The molecule has 0 saturated carbocycles. The van der Waals surface area contributed by atoms with Crippen LogP contribution in [0.3, 0.4) is 0 Å². The summed E-state index contributed by atoms with van der Waals surface area (Å²) in [5.41, 5.74) is 5.19. The highest BCUT2D eigenvalue weighted by molar-refractivity contribution is 5.96. The van der Waals surface area contributed by atoms with Crippen molar-refractivity contribution in [2.75, 3.05) is 25.0 Å². The van der Waals surface area contributed by atoms with Crippen LogP contribution in [0.15, 0.2) is 36.4 Å². The highest BCUT2D eigenvalue weighted by Gasteiger charge is 2.26. The van der Waals surface area contributed by atoms with E-state index in [2.05, 4.69) is 10.3 Å². The van der Waals surface area contributed by atoms with Crippen LogP contribution in [-0.4, -0.2) is 47.5 Å². The number of rotatable bonds is 7. The summed E-state index contributed by atoms with van der Waals surface area (Å²) in [7, 11) is 0. The largest absolute Gasteiger partial charge is 0.376 e. The summed E-state index contributed by atoms with van der Waals surface area (Å²) < 4.78 is 19.6. The molecule has 1 aliphatic rings. The van der Waals surface area contributed by atoms with E-state index in [1.165, 1.54) is 12.1 Å². The van der Waals surface area contributed by atoms with Crippen LogP contribution >= 0.6 is 0 Å². The Morgan fingerprint density at radius 3 is 2.79 bits per heavy atom. The van der Waals surface area contributed by atoms with Crippen LogP contribution in [0, 0.1) is 26.6 Å². The number of fused-ring (bicyclic) bond motifs is 1. The normalized spacial score (nSPS) is 15.7. The number of hydrogen-bond donors (Lipinski definition) is 2. The van der Waals surface area contributed by atoms with Crippen molar-refractivity contribution < 1.29 is 18.7 Å². The van der Waals surface area contributed by atoms with Crippen molar-refractivity contribution in [3.63, 3.8) is 0 Å². The number of carbonyl (C=O) groups excluding carboxylic acids is 2. The second-order valence-corrected chi connectivity index (χ2v) is 8.80. The lowest BCUT2D eigenvalue weighted by atomic mass is 10.1. The second kappa shape index (κ2) is 9.75. The minimum absolute atomic E-state index is 0.0676. The van der Waals surface area contributed by atoms with Crippen molar-refractivity contribution in [1.82, 2.24) is 9.88 Å². The Kier molecular flexibility index (Phi) is 6.79. The van der Waals surface area contributed by atoms with Crippen molar-refractivity contribution in [3.05, 3.63) is 64.6 Å². The Hall–Kier alpha value is -3.19. The number of aryl methyl sites for hydroxylation is 2. The number of aromatic amines is 1. The van der Waals surface area contributed by atoms with E-state index in [4.69, 9.17) is 4.74 Å². The number of nitrogens with zero attached hydrogens (tertiary/aromatic N) is 1. The van der Waals surface area contributed by atoms with Gasteiger partial charge in [-0.3, -0.25) is 9.59 Å². The lowest BCUT2D eigenvalue weighted by Gasteiger charge is -2.25. The standard InChI is InChI=1S/C26H30FN3O3/c1-16-6-4-8-23(17(16)2)29-25(31)15-30(14-20-7-5-11-33-20)26(32)13-21-18(3)28-24-10-9-19(27)12-22(21)24/h4,6,8-10,12,20,28H,5,7,11,13-15H2,1-3H3,(H,29,31). The van der Waals surface area contributed by atoms with Crippen LogP contribution in [0.2, 0.25) is 0 Å². The lowest BCUT2D eigenvalue weighted by Crippen LogP contribution is -2.43. The van der Waals surface area contributed by atoms with Gasteiger partial charge in [-0.05, 0) is 74.6 Å². The summed E-state index contributed by atoms with van der Waals surface area (Å²) in [4.78, 5) is 31.0. The average molecular weight is 452 g/mol. The highest BCUT2D eigenvalue weighted by atomic mass is 19.1. The summed E-state index contributed by atoms with van der Waals surface area (Å²) >= 11 is 0. The Morgan fingerprint density at radius 1 is 1.21 bits per heavy atom. The van der Waals surface area contributed by atoms with Crippen molar-refractivity contribution in [2.24, 2.45) is 0 Å². The first-order valence-corrected chi connectivity index (χ1v) is 11.3. The maximum atomic E-state index is 13.9. The molecule has 33 heavy (non-hydrogen) atoms. The van der Waals surface area contributed by atoms with E-state index < -0.39 is 0 Å². The van der Waals surface area contributed by atoms with Crippen LogP contribution in [0.1, 0.15) is 35.2 Å². The quantitative estimate of drug-likeness (QED) is 0.558. The van der Waals surface area contributed by atoms with E-state index in [0.29, 0.717) is 18.5 Å². The molecule has 0 bridgehead atoms. The fourth-order valence-corrected chi connectivity index (χ4v) is 4.38. The zero-order chi connectivity index (χ0) is 23.5. The van der Waals surface area contributed by atoms with Crippen LogP contribution < -0.4 is 5.32 Å². The van der Waals surface area contributed by atoms with E-state index in [1.54, 1.807) is 11.0 Å². The van der Waals surface area contributed by atoms with Crippen LogP contribution in [0.25, 0.3) is 10.9 Å². The Labute approximate surface area is 193 Å². The van der Waals surface area contributed by atoms with E-state index >= 15 is 0 Å². The average Bonchev–Trinajstić information content (AvgIpc) is 3.39. The number of halogens is 1. The summed E-state index contributed by atoms with van der Waals surface area (Å²) in [5, 5.41) is 3.63. The maximum Gasteiger partial charge on any atom is 0.244 e. The van der Waals surface area contributed by atoms with Crippen molar-refractivity contribution >= 4 is 28.4 Å². The molecule has 1 unspecified atom stereocenters. The van der Waals surface area contributed by atoms with Gasteiger partial charge in [0.2, 0.25) is 11.8 Å². The molecule has 2 N–H and O–H groups in total. The van der Waals surface area contributed by atoms with Crippen molar-refractivity contribution in [2.45, 2.75) is 46.1 Å². The van der Waals surface area contributed by atoms with Gasteiger partial charge >= 0.3 is 0 Å². The predicted molar refractivity (Wildman–Crippen MR) is 127 cm³/mol. The number of amides is 2. The first-order valence-electron chi connectivity index (χ1n) is 11.3. The highest BCUT2D eigenvalue weighted by Crippen LogP contribution is 2.25. The molecule has 0 radical (unpaired) electrons. The molecule has 1 saturated heterocycles. The van der Waals surface area contributed by atoms with Crippen molar-refractivity contribution in [3.8, 4) is 0 Å². The van der Waals surface area contributed by atoms with Gasteiger partial charge in [0.1, 0.15) is 5.82 Å². The first kappa shape index (κ1) is 23.0. The Balaban J connectivity index is 1.53. The van der Waals surface area contributed by atoms with Gasteiger partial charge in [-0.15, -0.1) is 0 Å². The van der Waals surface area contributed by atoms with E-state index in [9.17, 15) is 14.0 Å². The van der Waals surface area contributed by atoms with Crippen LogP contribution in [-0.2, 0) is 20.7 Å². The number of ether oxygens (including phenoxy) is 1. The predicted octanol–water partition coefficient (Wildman–Crippen LogP) is 4.42. The first-order chi connectivity index (χ1) is 15.8. The SMILES string of the molecule is Cc1cccc(NC(=O)CN(CC2CCCO2)C(=O)Cc2c(C)[nH]c3ccc(F)cc23)c1C. The van der Waals surface area contributed by atoms with Gasteiger partial charge < -0.3 is 19.9 Å². The lowest BCUT2D eigenvalue weighted by molar-refractivity contribution is -0.135. The van der Waals surface area contributed by atoms with Crippen molar-refractivity contribution in [1.29, 1.82) is 0 Å². The molecule has 1 fully saturated rings. The number of nitrogens with one attached hydrogen (secondary N) is 2. The second-order valence-electron chi connectivity index (χ2n) is 8.80. The Morgan fingerprint density at radius 2 is 2.03 bits per heavy atom. The monoisotopic (exact) mass is 451 g/mol. The van der Waals surface area contributed by atoms with Gasteiger partial charge in [0.25, 0.3) is 0 Å². The molecule has 1 aromatic heterocycles. The fourth-order valence-electron chi connectivity index (χ4n) is 4.38. The molecule has 2 aromatic carbocycles. The van der Waals surface area contributed by atoms with E-state index in [-0.39, 0.29) is 36.7 Å². The smallest absolute Gasteiger partial charge is 0.244 e. The van der Waals surface area contributed by atoms with E-state index in [0.717, 1.165) is 46.4 Å². The third-order valence-electron chi connectivity index (χ3n) is 6.42. The molecule has 1 atom stereocenters. The van der Waals surface area contributed by atoms with Crippen LogP contribution in [0.5, 0.6) is 0 Å². The Bertz CT molecular complexity index is 1180. The molecule has 174 valence electrons. The summed E-state index contributed by atoms with van der Waals surface area (Å²) in [6.07, 6.45) is 1.81. The van der Waals surface area contributed by atoms with E-state index in [1.807, 2.05) is 39.0 Å². The van der Waals surface area contributed by atoms with Gasteiger partial charge in [0, 0.05) is 35.4 Å². The number of carbonyl (C=O) groups is 2. The van der Waals surface area contributed by atoms with Gasteiger partial charge in [-0.25, -0.2) is 4.39 Å². The zero-order valence-electron chi connectivity index (χ0n) is 19.3. The number of aromatic nitrogens is 1. The number of anilines is 1. The molecular weight excluding hydrogens is 421 g/mol. The fraction of sp³-hybridized carbons (Fsp3) is 0.385. The summed E-state index contributed by atoms with van der Waals surface area (Å²) in [6, 6.07) is 10.3. The molecule has 4 rings (SSSR count). The third-order valence-corrected chi connectivity index (χ3v) is 6.42. The molecule has 2 heterocycles. The zero-order valence-corrected chi connectivity index (χ0v) is 19.3. The van der Waals surface area contributed by atoms with Gasteiger partial charge in [-0.2, -0.15) is 0 Å². The minimum Gasteiger partial charge on any atom is -0.376 e. The minimum atomic E-state index is -0.348. The molecule has 7 heteroatoms. The number of H-pyrrole nitrogens is 1. The third kappa shape index (κ3) is 5.25. The summed E-state index contributed by atoms with van der Waals surface area (Å²) in [5.74, 6) is -0.786. The summed E-state index contributed by atoms with van der Waals surface area (Å²) in [6.45, 7) is 6.78. The number of hydrogen-bond acceptors (Lipinski definition) is 3. The number of benzene rings is 2. The molecule has 1 aliphatic heterocycles. The topological polar surface area (TPSA) is 74.4 Å². The molecule has 0 aliphatic carbocycles. The van der Waals surface area contributed by atoms with Gasteiger partial charge in [0.05, 0.1) is 19.1 Å². The van der Waals surface area contributed by atoms with Gasteiger partial charge in [0.15, 0.2) is 0 Å². The molecule has 2 amide bonds.